The summed E-state index contributed by atoms with van der Waals surface area (Å²) in [6, 6.07) is 0. The van der Waals surface area contributed by atoms with Crippen molar-refractivity contribution in [3.05, 3.63) is 0 Å². The fraction of sp³-hybridized carbons (Fsp3) is 0.714. The van der Waals surface area contributed by atoms with Crippen molar-refractivity contribution >= 4 is 11.7 Å². The van der Waals surface area contributed by atoms with E-state index >= 15 is 0 Å². The zero-order valence-corrected chi connectivity index (χ0v) is 6.66. The molecule has 0 saturated heterocycles. The summed E-state index contributed by atoms with van der Waals surface area (Å²) >= 11 is 0. The van der Waals surface area contributed by atoms with Crippen molar-refractivity contribution in [3.8, 4) is 0 Å². The first kappa shape index (κ1) is 8.04. The molecule has 1 rings (SSSR count). The lowest BCUT2D eigenvalue weighted by molar-refractivity contribution is -0.152. The lowest BCUT2D eigenvalue weighted by Crippen LogP contribution is -2.21. The molecule has 11 heavy (non-hydrogen) atoms. The highest BCUT2D eigenvalue weighted by Crippen LogP contribution is 2.13. The summed E-state index contributed by atoms with van der Waals surface area (Å²) in [7, 11) is 1.34. The van der Waals surface area contributed by atoms with Gasteiger partial charge in [0.25, 0.3) is 0 Å². The van der Waals surface area contributed by atoms with E-state index in [9.17, 15) is 4.79 Å². The number of ether oxygens (including phenoxy) is 1. The van der Waals surface area contributed by atoms with Gasteiger partial charge in [-0.1, -0.05) is 12.1 Å². The van der Waals surface area contributed by atoms with Crippen molar-refractivity contribution in [2.24, 2.45) is 5.16 Å². The second kappa shape index (κ2) is 3.37. The first-order chi connectivity index (χ1) is 5.27. The average Bonchev–Trinajstić information content (AvgIpc) is 2.50. The van der Waals surface area contributed by atoms with Crippen molar-refractivity contribution in [3.63, 3.8) is 0 Å². The van der Waals surface area contributed by atoms with E-state index in [1.807, 2.05) is 6.92 Å². The zero-order chi connectivity index (χ0) is 8.27. The first-order valence-corrected chi connectivity index (χ1v) is 3.57. The van der Waals surface area contributed by atoms with Crippen LogP contribution in [-0.4, -0.2) is 24.9 Å². The third kappa shape index (κ3) is 1.69. The van der Waals surface area contributed by atoms with Crippen LogP contribution in [0.1, 0.15) is 19.8 Å². The van der Waals surface area contributed by atoms with Crippen LogP contribution in [0.15, 0.2) is 5.16 Å². The number of carbonyl (C=O) groups is 1. The Kier molecular flexibility index (Phi) is 2.46. The summed E-state index contributed by atoms with van der Waals surface area (Å²) in [5.41, 5.74) is 0.917. The van der Waals surface area contributed by atoms with Crippen LogP contribution in [0, 0.1) is 0 Å². The lowest BCUT2D eigenvalue weighted by atomic mass is 10.1. The smallest absolute Gasteiger partial charge is 0.350 e. The van der Waals surface area contributed by atoms with Crippen LogP contribution in [-0.2, 0) is 14.4 Å². The van der Waals surface area contributed by atoms with Crippen molar-refractivity contribution < 1.29 is 14.4 Å². The van der Waals surface area contributed by atoms with Gasteiger partial charge in [-0.2, -0.15) is 0 Å². The number of rotatable bonds is 2. The van der Waals surface area contributed by atoms with Crippen molar-refractivity contribution in [1.29, 1.82) is 0 Å². The molecule has 0 aromatic carbocycles. The van der Waals surface area contributed by atoms with Crippen LogP contribution < -0.4 is 0 Å². The number of hydrogen-bond acceptors (Lipinski definition) is 4. The standard InChI is InChI=1S/C7H11NO3/c1-3-5-4-6(11-8-5)7(9)10-2/h6H,3-4H2,1-2H3/t6-/m0/s1. The van der Waals surface area contributed by atoms with Crippen LogP contribution in [0.2, 0.25) is 0 Å². The molecular weight excluding hydrogens is 146 g/mol. The van der Waals surface area contributed by atoms with E-state index in [0.29, 0.717) is 6.42 Å². The summed E-state index contributed by atoms with van der Waals surface area (Å²) < 4.78 is 4.49. The second-order valence-electron chi connectivity index (χ2n) is 2.33. The highest BCUT2D eigenvalue weighted by atomic mass is 16.7. The van der Waals surface area contributed by atoms with Crippen molar-refractivity contribution in [2.75, 3.05) is 7.11 Å². The molecule has 0 aromatic heterocycles. The zero-order valence-electron chi connectivity index (χ0n) is 6.66. The molecule has 1 aliphatic rings. The molecule has 0 unspecified atom stereocenters. The minimum atomic E-state index is -0.505. The Hall–Kier alpha value is -1.06. The normalized spacial score (nSPS) is 22.4. The molecule has 0 aliphatic carbocycles. The SMILES string of the molecule is CCC1=NO[C@H](C(=O)OC)C1. The number of hydrogen-bond donors (Lipinski definition) is 0. The third-order valence-electron chi connectivity index (χ3n) is 1.60. The monoisotopic (exact) mass is 157 g/mol. The topological polar surface area (TPSA) is 47.9 Å². The third-order valence-corrected chi connectivity index (χ3v) is 1.60. The maximum absolute atomic E-state index is 10.9. The number of methoxy groups -OCH3 is 1. The maximum atomic E-state index is 10.9. The summed E-state index contributed by atoms with van der Waals surface area (Å²) in [5, 5.41) is 3.72. The van der Waals surface area contributed by atoms with Gasteiger partial charge in [0, 0.05) is 6.42 Å². The van der Waals surface area contributed by atoms with Gasteiger partial charge in [-0.15, -0.1) is 0 Å². The van der Waals surface area contributed by atoms with Gasteiger partial charge in [-0.05, 0) is 6.42 Å². The van der Waals surface area contributed by atoms with E-state index in [0.717, 1.165) is 12.1 Å². The van der Waals surface area contributed by atoms with Crippen LogP contribution in [0.3, 0.4) is 0 Å². The predicted octanol–water partition coefficient (Wildman–Crippen LogP) is 0.714. The summed E-state index contributed by atoms with van der Waals surface area (Å²) in [6.45, 7) is 1.97. The van der Waals surface area contributed by atoms with E-state index in [-0.39, 0.29) is 5.97 Å². The minimum absolute atomic E-state index is 0.350. The van der Waals surface area contributed by atoms with E-state index in [4.69, 9.17) is 4.84 Å². The summed E-state index contributed by atoms with van der Waals surface area (Å²) in [4.78, 5) is 15.7. The molecule has 62 valence electrons. The van der Waals surface area contributed by atoms with E-state index in [2.05, 4.69) is 9.89 Å². The number of esters is 1. The van der Waals surface area contributed by atoms with Gasteiger partial charge in [0.05, 0.1) is 12.8 Å². The molecule has 0 fully saturated rings. The molecule has 0 radical (unpaired) electrons. The van der Waals surface area contributed by atoms with Gasteiger partial charge in [0.1, 0.15) is 0 Å². The molecule has 1 heterocycles. The Morgan fingerprint density at radius 1 is 1.91 bits per heavy atom. The van der Waals surface area contributed by atoms with Crippen LogP contribution in [0.4, 0.5) is 0 Å². The van der Waals surface area contributed by atoms with Gasteiger partial charge in [0.15, 0.2) is 0 Å². The van der Waals surface area contributed by atoms with E-state index in [1.54, 1.807) is 0 Å². The van der Waals surface area contributed by atoms with Crippen molar-refractivity contribution in [1.82, 2.24) is 0 Å². The molecule has 0 spiro atoms. The molecule has 1 aliphatic heterocycles. The van der Waals surface area contributed by atoms with Crippen LogP contribution in [0.5, 0.6) is 0 Å². The average molecular weight is 157 g/mol. The lowest BCUT2D eigenvalue weighted by Gasteiger charge is -2.03. The fourth-order valence-corrected chi connectivity index (χ4v) is 0.893. The van der Waals surface area contributed by atoms with Crippen LogP contribution >= 0.6 is 0 Å². The largest absolute Gasteiger partial charge is 0.466 e. The number of nitrogens with zero attached hydrogens (tertiary/aromatic N) is 1. The molecule has 4 nitrogen and oxygen atoms in total. The molecule has 0 amide bonds. The van der Waals surface area contributed by atoms with Gasteiger partial charge in [0.2, 0.25) is 6.10 Å². The maximum Gasteiger partial charge on any atom is 0.350 e. The number of carbonyl (C=O) groups excluding carboxylic acids is 1. The van der Waals surface area contributed by atoms with Crippen LogP contribution in [0.25, 0.3) is 0 Å². The van der Waals surface area contributed by atoms with Gasteiger partial charge in [-0.25, -0.2) is 4.79 Å². The first-order valence-electron chi connectivity index (χ1n) is 3.57. The Labute approximate surface area is 65.2 Å². The molecule has 0 bridgehead atoms. The minimum Gasteiger partial charge on any atom is -0.466 e. The highest BCUT2D eigenvalue weighted by Gasteiger charge is 2.27. The highest BCUT2D eigenvalue weighted by molar-refractivity contribution is 5.90. The van der Waals surface area contributed by atoms with Gasteiger partial charge < -0.3 is 9.57 Å². The Morgan fingerprint density at radius 3 is 3.09 bits per heavy atom. The molecule has 1 atom stereocenters. The van der Waals surface area contributed by atoms with Gasteiger partial charge in [-0.3, -0.25) is 0 Å². The Balaban J connectivity index is 2.41. The Bertz CT molecular complexity index is 188. The number of oxime groups is 1. The molecular formula is C7H11NO3. The molecule has 4 heteroatoms. The van der Waals surface area contributed by atoms with Gasteiger partial charge >= 0.3 is 5.97 Å². The fourth-order valence-electron chi connectivity index (χ4n) is 0.893. The predicted molar refractivity (Wildman–Crippen MR) is 39.2 cm³/mol. The second-order valence-corrected chi connectivity index (χ2v) is 2.33. The molecule has 0 aromatic rings. The van der Waals surface area contributed by atoms with E-state index in [1.165, 1.54) is 7.11 Å². The van der Waals surface area contributed by atoms with E-state index < -0.39 is 6.10 Å². The quantitative estimate of drug-likeness (QED) is 0.555. The van der Waals surface area contributed by atoms with Crippen molar-refractivity contribution in [2.45, 2.75) is 25.9 Å². The molecule has 0 N–H and O–H groups in total. The summed E-state index contributed by atoms with van der Waals surface area (Å²) in [5.74, 6) is -0.350. The molecule has 0 saturated carbocycles. The Morgan fingerprint density at radius 2 is 2.64 bits per heavy atom. The summed E-state index contributed by atoms with van der Waals surface area (Å²) in [6.07, 6.45) is 0.895.